The second-order valence-electron chi connectivity index (χ2n) is 3.38. The van der Waals surface area contributed by atoms with Crippen LogP contribution in [0.1, 0.15) is 10.5 Å². The molecule has 96 valence electrons. The van der Waals surface area contributed by atoms with E-state index in [2.05, 4.69) is 11.6 Å². The fourth-order valence-corrected chi connectivity index (χ4v) is 1.32. The lowest BCUT2D eigenvalue weighted by Crippen LogP contribution is -2.35. The molecule has 1 amide bonds. The second-order valence-corrected chi connectivity index (χ2v) is 3.38. The first-order valence-corrected chi connectivity index (χ1v) is 4.91. The van der Waals surface area contributed by atoms with E-state index in [1.807, 2.05) is 0 Å². The lowest BCUT2D eigenvalue weighted by molar-refractivity contribution is -0.389. The van der Waals surface area contributed by atoms with Gasteiger partial charge in [0.05, 0.1) is 0 Å². The molecule has 1 aromatic rings. The molecule has 0 aliphatic rings. The van der Waals surface area contributed by atoms with E-state index >= 15 is 0 Å². The van der Waals surface area contributed by atoms with Crippen LogP contribution in [0.3, 0.4) is 0 Å². The number of aliphatic carboxylic acids is 1. The number of nitrogens with one attached hydrogen (secondary N) is 1. The van der Waals surface area contributed by atoms with Gasteiger partial charge in [0.25, 0.3) is 5.91 Å². The van der Waals surface area contributed by atoms with Gasteiger partial charge in [0, 0.05) is 12.6 Å². The summed E-state index contributed by atoms with van der Waals surface area (Å²) in [7, 11) is 0. The summed E-state index contributed by atoms with van der Waals surface area (Å²) in [5, 5.41) is 19.1. The molecule has 0 aliphatic carbocycles. The maximum absolute atomic E-state index is 11.9. The maximum Gasteiger partial charge on any atom is 0.323 e. The molecular formula is C10H11N3O5. The Morgan fingerprint density at radius 2 is 2.22 bits per heavy atom. The Balaban J connectivity index is 2.90. The van der Waals surface area contributed by atoms with Crippen LogP contribution < -0.4 is 0 Å². The lowest BCUT2D eigenvalue weighted by Gasteiger charge is -2.16. The average molecular weight is 253 g/mol. The zero-order valence-corrected chi connectivity index (χ0v) is 9.33. The molecule has 8 nitrogen and oxygen atoms in total. The van der Waals surface area contributed by atoms with Gasteiger partial charge >= 0.3 is 11.8 Å². The molecule has 0 spiro atoms. The van der Waals surface area contributed by atoms with Crippen LogP contribution in [-0.2, 0) is 4.79 Å². The third-order valence-corrected chi connectivity index (χ3v) is 2.06. The molecule has 18 heavy (non-hydrogen) atoms. The Hall–Kier alpha value is -2.64. The highest BCUT2D eigenvalue weighted by Gasteiger charge is 2.22. The number of aromatic nitrogens is 1. The van der Waals surface area contributed by atoms with Crippen LogP contribution in [0.4, 0.5) is 5.82 Å². The molecule has 0 atom stereocenters. The summed E-state index contributed by atoms with van der Waals surface area (Å²) in [5.41, 5.74) is -0.0372. The highest BCUT2D eigenvalue weighted by atomic mass is 16.6. The number of carboxylic acid groups (broad SMARTS) is 1. The average Bonchev–Trinajstić information content (AvgIpc) is 2.76. The van der Waals surface area contributed by atoms with E-state index in [9.17, 15) is 19.7 Å². The topological polar surface area (TPSA) is 117 Å². The second kappa shape index (κ2) is 5.62. The number of rotatable bonds is 6. The Morgan fingerprint density at radius 1 is 1.56 bits per heavy atom. The van der Waals surface area contributed by atoms with E-state index in [0.29, 0.717) is 0 Å². The molecule has 0 radical (unpaired) electrons. The third kappa shape index (κ3) is 3.17. The molecule has 8 heteroatoms. The number of H-pyrrole nitrogens is 1. The maximum atomic E-state index is 11.9. The van der Waals surface area contributed by atoms with E-state index in [1.54, 1.807) is 0 Å². The fraction of sp³-hybridized carbons (Fsp3) is 0.200. The van der Waals surface area contributed by atoms with Crippen LogP contribution >= 0.6 is 0 Å². The first-order valence-electron chi connectivity index (χ1n) is 4.91. The molecule has 0 saturated carbocycles. The molecule has 1 heterocycles. The number of amides is 1. The van der Waals surface area contributed by atoms with Crippen LogP contribution in [-0.4, -0.2) is 44.9 Å². The van der Waals surface area contributed by atoms with Gasteiger partial charge in [-0.2, -0.15) is 0 Å². The Kier molecular flexibility index (Phi) is 4.19. The van der Waals surface area contributed by atoms with Gasteiger partial charge in [-0.3, -0.25) is 9.59 Å². The van der Waals surface area contributed by atoms with Crippen molar-refractivity contribution in [3.8, 4) is 0 Å². The predicted molar refractivity (Wildman–Crippen MR) is 61.2 cm³/mol. The Bertz CT molecular complexity index is 493. The monoisotopic (exact) mass is 253 g/mol. The van der Waals surface area contributed by atoms with E-state index in [4.69, 9.17) is 5.11 Å². The van der Waals surface area contributed by atoms with E-state index in [0.717, 1.165) is 11.0 Å². The minimum atomic E-state index is -1.17. The van der Waals surface area contributed by atoms with E-state index < -0.39 is 23.3 Å². The number of nitrogens with zero attached hydrogens (tertiary/aromatic N) is 2. The molecule has 0 bridgehead atoms. The fourth-order valence-electron chi connectivity index (χ4n) is 1.32. The minimum absolute atomic E-state index is 0.0372. The van der Waals surface area contributed by atoms with Gasteiger partial charge in [0.1, 0.15) is 6.54 Å². The normalized spacial score (nSPS) is 9.78. The van der Waals surface area contributed by atoms with Gasteiger partial charge in [-0.05, 0) is 11.0 Å². The summed E-state index contributed by atoms with van der Waals surface area (Å²) >= 11 is 0. The van der Waals surface area contributed by atoms with Crippen molar-refractivity contribution >= 4 is 17.7 Å². The molecule has 0 aliphatic heterocycles. The number of carbonyl (C=O) groups is 2. The van der Waals surface area contributed by atoms with Crippen molar-refractivity contribution in [1.29, 1.82) is 0 Å². The molecule has 1 rings (SSSR count). The van der Waals surface area contributed by atoms with Gasteiger partial charge in [-0.1, -0.05) is 6.08 Å². The summed E-state index contributed by atoms with van der Waals surface area (Å²) in [6.45, 7) is 2.95. The summed E-state index contributed by atoms with van der Waals surface area (Å²) in [4.78, 5) is 35.5. The van der Waals surface area contributed by atoms with Crippen molar-refractivity contribution < 1.29 is 19.6 Å². The van der Waals surface area contributed by atoms with Crippen LogP contribution in [0.2, 0.25) is 0 Å². The van der Waals surface area contributed by atoms with E-state index in [-0.39, 0.29) is 18.1 Å². The van der Waals surface area contributed by atoms with Gasteiger partial charge in [0.2, 0.25) is 0 Å². The van der Waals surface area contributed by atoms with Crippen LogP contribution in [0.5, 0.6) is 0 Å². The van der Waals surface area contributed by atoms with Crippen molar-refractivity contribution in [3.05, 3.63) is 40.6 Å². The lowest BCUT2D eigenvalue weighted by atomic mass is 10.3. The molecule has 1 aromatic heterocycles. The smallest absolute Gasteiger partial charge is 0.323 e. The van der Waals surface area contributed by atoms with Crippen LogP contribution in [0.25, 0.3) is 0 Å². The Morgan fingerprint density at radius 3 is 2.67 bits per heavy atom. The number of aromatic amines is 1. The van der Waals surface area contributed by atoms with E-state index in [1.165, 1.54) is 12.1 Å². The summed E-state index contributed by atoms with van der Waals surface area (Å²) in [6.07, 6.45) is 1.37. The molecule has 0 saturated heterocycles. The number of hydrogen-bond donors (Lipinski definition) is 2. The van der Waals surface area contributed by atoms with Gasteiger partial charge in [-0.15, -0.1) is 6.58 Å². The first-order chi connectivity index (χ1) is 8.45. The number of carboxylic acids is 1. The molecule has 0 fully saturated rings. The van der Waals surface area contributed by atoms with Crippen LogP contribution in [0, 0.1) is 10.1 Å². The number of nitro groups is 1. The quantitative estimate of drug-likeness (QED) is 0.438. The minimum Gasteiger partial charge on any atom is -0.480 e. The summed E-state index contributed by atoms with van der Waals surface area (Å²) in [6, 6.07) is 2.37. The molecule has 0 unspecified atom stereocenters. The molecule has 0 aromatic carbocycles. The summed E-state index contributed by atoms with van der Waals surface area (Å²) < 4.78 is 0. The highest BCUT2D eigenvalue weighted by Crippen LogP contribution is 2.12. The summed E-state index contributed by atoms with van der Waals surface area (Å²) in [5.74, 6) is -2.14. The first kappa shape index (κ1) is 13.4. The Labute approximate surface area is 102 Å². The largest absolute Gasteiger partial charge is 0.480 e. The van der Waals surface area contributed by atoms with Gasteiger partial charge in [-0.25, -0.2) is 4.98 Å². The number of hydrogen-bond acceptors (Lipinski definition) is 4. The number of carbonyl (C=O) groups excluding carboxylic acids is 1. The third-order valence-electron chi connectivity index (χ3n) is 2.06. The standard InChI is InChI=1S/C10H11N3O5/c1-2-5-12(6-9(14)15)10(16)7-3-4-8(11-7)13(17)18/h2-4,11H,1,5-6H2,(H,14,15). The van der Waals surface area contributed by atoms with Crippen molar-refractivity contribution in [2.45, 2.75) is 0 Å². The molecular weight excluding hydrogens is 242 g/mol. The highest BCUT2D eigenvalue weighted by molar-refractivity contribution is 5.94. The van der Waals surface area contributed by atoms with Gasteiger partial charge in [0.15, 0.2) is 5.69 Å². The van der Waals surface area contributed by atoms with Crippen molar-refractivity contribution in [1.82, 2.24) is 9.88 Å². The van der Waals surface area contributed by atoms with Crippen molar-refractivity contribution in [2.24, 2.45) is 0 Å². The zero-order chi connectivity index (χ0) is 13.7. The zero-order valence-electron chi connectivity index (χ0n) is 9.33. The van der Waals surface area contributed by atoms with Gasteiger partial charge < -0.3 is 20.1 Å². The van der Waals surface area contributed by atoms with Crippen LogP contribution in [0.15, 0.2) is 24.8 Å². The van der Waals surface area contributed by atoms with Crippen molar-refractivity contribution in [3.63, 3.8) is 0 Å². The SMILES string of the molecule is C=CCN(CC(=O)O)C(=O)c1ccc([N+](=O)[O-])[nH]1. The van der Waals surface area contributed by atoms with Crippen molar-refractivity contribution in [2.75, 3.05) is 13.1 Å². The predicted octanol–water partition coefficient (Wildman–Crippen LogP) is 0.636. The molecule has 2 N–H and O–H groups in total.